The molecule has 3 aromatic rings. The third-order valence-electron chi connectivity index (χ3n) is 5.86. The van der Waals surface area contributed by atoms with E-state index in [1.807, 2.05) is 35.9 Å². The lowest BCUT2D eigenvalue weighted by atomic mass is 10.1. The minimum atomic E-state index is -0.195. The number of likely N-dealkylation sites (N-methyl/N-ethyl adjacent to an activating group) is 1. The molecule has 1 amide bonds. The lowest BCUT2D eigenvalue weighted by Gasteiger charge is -2.36. The van der Waals surface area contributed by atoms with Gasteiger partial charge in [-0.25, -0.2) is 9.67 Å². The molecule has 8 heteroatoms. The fraction of sp³-hybridized carbons (Fsp3) is 0.435. The number of amides is 1. The van der Waals surface area contributed by atoms with Crippen LogP contribution in [-0.2, 0) is 0 Å². The summed E-state index contributed by atoms with van der Waals surface area (Å²) >= 11 is 6.27. The van der Waals surface area contributed by atoms with Crippen LogP contribution in [0.25, 0.3) is 11.0 Å². The second-order valence-corrected chi connectivity index (χ2v) is 8.69. The molecule has 1 aliphatic heterocycles. The average molecular weight is 441 g/mol. The topological polar surface area (TPSA) is 66.3 Å². The molecule has 0 unspecified atom stereocenters. The van der Waals surface area contributed by atoms with E-state index in [1.54, 1.807) is 6.20 Å². The predicted octanol–water partition coefficient (Wildman–Crippen LogP) is 4.37. The maximum atomic E-state index is 13.2. The number of nitrogens with one attached hydrogen (secondary N) is 1. The molecule has 0 aliphatic carbocycles. The fourth-order valence-electron chi connectivity index (χ4n) is 4.05. The molecule has 1 N–H and O–H groups in total. The quantitative estimate of drug-likeness (QED) is 0.638. The molecule has 2 aromatic heterocycles. The SMILES string of the molecule is CCN1CCN(c2ccc(Cl)cc2NC(=O)c2cc3cnn(C(C)C)c3nc2C)CC1. The standard InChI is InChI=1S/C23H29ClN6O/c1-5-28-8-10-29(11-9-28)21-7-6-18(24)13-20(21)27-23(31)19-12-17-14-25-30(15(2)3)22(17)26-16(19)4/h6-7,12-15H,5,8-11H2,1-4H3,(H,27,31). The van der Waals surface area contributed by atoms with Crippen molar-refractivity contribution in [2.45, 2.75) is 33.7 Å². The first-order chi connectivity index (χ1) is 14.9. The number of fused-ring (bicyclic) bond motifs is 1. The van der Waals surface area contributed by atoms with Gasteiger partial charge >= 0.3 is 0 Å². The lowest BCUT2D eigenvalue weighted by Crippen LogP contribution is -2.46. The number of hydrogen-bond donors (Lipinski definition) is 1. The van der Waals surface area contributed by atoms with Gasteiger partial charge < -0.3 is 15.1 Å². The van der Waals surface area contributed by atoms with Crippen LogP contribution in [0.4, 0.5) is 11.4 Å². The molecule has 0 atom stereocenters. The summed E-state index contributed by atoms with van der Waals surface area (Å²) in [5.74, 6) is -0.195. The zero-order valence-corrected chi connectivity index (χ0v) is 19.3. The summed E-state index contributed by atoms with van der Waals surface area (Å²) in [6.45, 7) is 13.1. The predicted molar refractivity (Wildman–Crippen MR) is 126 cm³/mol. The van der Waals surface area contributed by atoms with Crippen LogP contribution in [0.2, 0.25) is 5.02 Å². The van der Waals surface area contributed by atoms with Crippen molar-refractivity contribution in [3.8, 4) is 0 Å². The van der Waals surface area contributed by atoms with E-state index < -0.39 is 0 Å². The summed E-state index contributed by atoms with van der Waals surface area (Å²) in [6, 6.07) is 7.74. The third kappa shape index (κ3) is 4.38. The van der Waals surface area contributed by atoms with Gasteiger partial charge in [0, 0.05) is 42.6 Å². The number of aromatic nitrogens is 3. The molecular formula is C23H29ClN6O. The van der Waals surface area contributed by atoms with Gasteiger partial charge in [-0.1, -0.05) is 18.5 Å². The van der Waals surface area contributed by atoms with Crippen molar-refractivity contribution in [1.82, 2.24) is 19.7 Å². The normalized spacial score (nSPS) is 15.1. The van der Waals surface area contributed by atoms with Crippen LogP contribution in [0.5, 0.6) is 0 Å². The maximum Gasteiger partial charge on any atom is 0.257 e. The molecule has 1 aliphatic rings. The molecule has 31 heavy (non-hydrogen) atoms. The number of carbonyl (C=O) groups excluding carboxylic acids is 1. The lowest BCUT2D eigenvalue weighted by molar-refractivity contribution is 0.102. The molecule has 1 aromatic carbocycles. The largest absolute Gasteiger partial charge is 0.367 e. The Bertz CT molecular complexity index is 1100. The first-order valence-corrected chi connectivity index (χ1v) is 11.2. The Balaban J connectivity index is 1.61. The summed E-state index contributed by atoms with van der Waals surface area (Å²) in [7, 11) is 0. The van der Waals surface area contributed by atoms with E-state index in [9.17, 15) is 4.79 Å². The average Bonchev–Trinajstić information content (AvgIpc) is 3.16. The van der Waals surface area contributed by atoms with E-state index in [4.69, 9.17) is 11.6 Å². The molecule has 1 saturated heterocycles. The number of carbonyl (C=O) groups is 1. The highest BCUT2D eigenvalue weighted by atomic mass is 35.5. The molecule has 0 bridgehead atoms. The zero-order valence-electron chi connectivity index (χ0n) is 18.5. The Morgan fingerprint density at radius 1 is 1.19 bits per heavy atom. The van der Waals surface area contributed by atoms with Crippen molar-refractivity contribution in [3.63, 3.8) is 0 Å². The molecule has 0 radical (unpaired) electrons. The van der Waals surface area contributed by atoms with Crippen molar-refractivity contribution in [1.29, 1.82) is 0 Å². The van der Waals surface area contributed by atoms with Crippen molar-refractivity contribution in [2.24, 2.45) is 0 Å². The van der Waals surface area contributed by atoms with Crippen LogP contribution in [0.3, 0.4) is 0 Å². The van der Waals surface area contributed by atoms with Gasteiger partial charge in [0.15, 0.2) is 5.65 Å². The summed E-state index contributed by atoms with van der Waals surface area (Å²) in [5, 5.41) is 8.94. The van der Waals surface area contributed by atoms with Crippen LogP contribution in [0, 0.1) is 6.92 Å². The van der Waals surface area contributed by atoms with Crippen molar-refractivity contribution in [3.05, 3.63) is 46.7 Å². The van der Waals surface area contributed by atoms with Gasteiger partial charge in [0.05, 0.1) is 28.8 Å². The second-order valence-electron chi connectivity index (χ2n) is 8.25. The monoisotopic (exact) mass is 440 g/mol. The summed E-state index contributed by atoms with van der Waals surface area (Å²) < 4.78 is 1.87. The van der Waals surface area contributed by atoms with Crippen LogP contribution >= 0.6 is 11.6 Å². The molecule has 0 spiro atoms. The molecule has 7 nitrogen and oxygen atoms in total. The van der Waals surface area contributed by atoms with Crippen LogP contribution in [0.1, 0.15) is 42.9 Å². The van der Waals surface area contributed by atoms with Gasteiger partial charge in [0.1, 0.15) is 0 Å². The van der Waals surface area contributed by atoms with E-state index in [0.717, 1.165) is 55.1 Å². The minimum absolute atomic E-state index is 0.195. The van der Waals surface area contributed by atoms with Gasteiger partial charge in [-0.15, -0.1) is 0 Å². The number of piperazine rings is 1. The van der Waals surface area contributed by atoms with Crippen LogP contribution in [-0.4, -0.2) is 58.3 Å². The van der Waals surface area contributed by atoms with Gasteiger partial charge in [-0.05, 0) is 51.6 Å². The third-order valence-corrected chi connectivity index (χ3v) is 6.10. The fourth-order valence-corrected chi connectivity index (χ4v) is 4.22. The van der Waals surface area contributed by atoms with Gasteiger partial charge in [0.2, 0.25) is 0 Å². The number of benzene rings is 1. The molecule has 4 rings (SSSR count). The molecule has 1 fully saturated rings. The van der Waals surface area contributed by atoms with Crippen molar-refractivity contribution >= 4 is 39.9 Å². The van der Waals surface area contributed by atoms with E-state index >= 15 is 0 Å². The number of halogens is 1. The van der Waals surface area contributed by atoms with Gasteiger partial charge in [0.25, 0.3) is 5.91 Å². The first-order valence-electron chi connectivity index (χ1n) is 10.8. The van der Waals surface area contributed by atoms with E-state index in [-0.39, 0.29) is 11.9 Å². The highest BCUT2D eigenvalue weighted by Crippen LogP contribution is 2.31. The molecular weight excluding hydrogens is 412 g/mol. The Hall–Kier alpha value is -2.64. The maximum absolute atomic E-state index is 13.2. The molecule has 3 heterocycles. The van der Waals surface area contributed by atoms with E-state index in [2.05, 4.69) is 46.0 Å². The number of aryl methyl sites for hydroxylation is 1. The second kappa shape index (κ2) is 8.85. The summed E-state index contributed by atoms with van der Waals surface area (Å²) in [4.78, 5) is 22.6. The van der Waals surface area contributed by atoms with Crippen molar-refractivity contribution in [2.75, 3.05) is 42.9 Å². The number of rotatable bonds is 5. The van der Waals surface area contributed by atoms with Crippen molar-refractivity contribution < 1.29 is 4.79 Å². The Morgan fingerprint density at radius 3 is 2.61 bits per heavy atom. The Kier molecular flexibility index (Phi) is 6.16. The molecule has 0 saturated carbocycles. The van der Waals surface area contributed by atoms with Crippen LogP contribution < -0.4 is 10.2 Å². The first kappa shape index (κ1) is 21.6. The number of anilines is 2. The number of nitrogens with zero attached hydrogens (tertiary/aromatic N) is 5. The Morgan fingerprint density at radius 2 is 1.94 bits per heavy atom. The number of hydrogen-bond acceptors (Lipinski definition) is 5. The van der Waals surface area contributed by atoms with Gasteiger partial charge in [-0.2, -0.15) is 5.10 Å². The Labute approximate surface area is 188 Å². The van der Waals surface area contributed by atoms with E-state index in [1.165, 1.54) is 0 Å². The minimum Gasteiger partial charge on any atom is -0.367 e. The van der Waals surface area contributed by atoms with Crippen LogP contribution in [0.15, 0.2) is 30.5 Å². The highest BCUT2D eigenvalue weighted by molar-refractivity contribution is 6.31. The summed E-state index contributed by atoms with van der Waals surface area (Å²) in [6.07, 6.45) is 1.76. The van der Waals surface area contributed by atoms with Gasteiger partial charge in [-0.3, -0.25) is 4.79 Å². The zero-order chi connectivity index (χ0) is 22.1. The highest BCUT2D eigenvalue weighted by Gasteiger charge is 2.21. The summed E-state index contributed by atoms with van der Waals surface area (Å²) in [5.41, 5.74) is 3.72. The van der Waals surface area contributed by atoms with E-state index in [0.29, 0.717) is 16.3 Å². The number of pyridine rings is 1. The molecule has 164 valence electrons. The smallest absolute Gasteiger partial charge is 0.257 e.